The van der Waals surface area contributed by atoms with E-state index in [0.29, 0.717) is 12.4 Å². The molecule has 0 saturated carbocycles. The third-order valence-corrected chi connectivity index (χ3v) is 16.4. The van der Waals surface area contributed by atoms with Crippen molar-refractivity contribution in [1.82, 2.24) is 19.1 Å². The molecule has 13 aromatic rings. The molecular formula is C73H58N6O. The monoisotopic (exact) mass is 1030 g/mol. The summed E-state index contributed by atoms with van der Waals surface area (Å²) >= 11 is 0. The number of aromatic nitrogens is 4. The van der Waals surface area contributed by atoms with Gasteiger partial charge in [0, 0.05) is 73.6 Å². The van der Waals surface area contributed by atoms with Gasteiger partial charge in [-0.05, 0) is 87.8 Å². The van der Waals surface area contributed by atoms with E-state index in [4.69, 9.17) is 14.7 Å². The van der Waals surface area contributed by atoms with Gasteiger partial charge in [0.25, 0.3) is 0 Å². The van der Waals surface area contributed by atoms with E-state index in [0.717, 1.165) is 84.5 Å². The van der Waals surface area contributed by atoms with Gasteiger partial charge in [-0.25, -0.2) is 9.97 Å². The third kappa shape index (κ3) is 7.48. The summed E-state index contributed by atoms with van der Waals surface area (Å²) in [6.07, 6.45) is 1.96. The lowest BCUT2D eigenvalue weighted by Gasteiger charge is -2.27. The molecule has 0 fully saturated rings. The molecule has 2 aliphatic rings. The van der Waals surface area contributed by atoms with Gasteiger partial charge in [-0.2, -0.15) is 0 Å². The number of para-hydroxylation sites is 5. The van der Waals surface area contributed by atoms with Crippen LogP contribution in [0.25, 0.3) is 99.6 Å². The van der Waals surface area contributed by atoms with Crippen LogP contribution in [0.15, 0.2) is 231 Å². The molecule has 9 aromatic carbocycles. The Morgan fingerprint density at radius 1 is 0.412 bits per heavy atom. The molecule has 0 radical (unpaired) electrons. The predicted molar refractivity (Wildman–Crippen MR) is 332 cm³/mol. The molecule has 0 N–H and O–H groups in total. The second kappa shape index (κ2) is 17.9. The number of rotatable bonds is 7. The largest absolute Gasteiger partial charge is 0.457 e. The maximum Gasteiger partial charge on any atom is 0.138 e. The van der Waals surface area contributed by atoms with Crippen molar-refractivity contribution in [3.8, 4) is 67.5 Å². The fourth-order valence-corrected chi connectivity index (χ4v) is 12.6. The van der Waals surface area contributed by atoms with E-state index in [1.165, 1.54) is 55.0 Å². The van der Waals surface area contributed by atoms with E-state index in [1.807, 2.05) is 6.20 Å². The van der Waals surface area contributed by atoms with Crippen molar-refractivity contribution in [1.29, 1.82) is 0 Å². The van der Waals surface area contributed by atoms with Gasteiger partial charge >= 0.3 is 0 Å². The van der Waals surface area contributed by atoms with Crippen LogP contribution in [0.2, 0.25) is 0 Å². The summed E-state index contributed by atoms with van der Waals surface area (Å²) < 4.78 is 12.1. The van der Waals surface area contributed by atoms with Gasteiger partial charge in [0.1, 0.15) is 29.8 Å². The van der Waals surface area contributed by atoms with E-state index in [2.05, 4.69) is 285 Å². The van der Waals surface area contributed by atoms with Crippen molar-refractivity contribution in [3.05, 3.63) is 242 Å². The molecule has 0 spiro atoms. The Balaban J connectivity index is 0.909. The molecule has 0 unspecified atom stereocenters. The average Bonchev–Trinajstić information content (AvgIpc) is 4.34. The molecule has 0 saturated heterocycles. The fraction of sp³-hybridized carbons (Fsp3) is 0.123. The summed E-state index contributed by atoms with van der Waals surface area (Å²) in [6.45, 7) is 14.0. The summed E-state index contributed by atoms with van der Waals surface area (Å²) in [6, 6.07) is 81.2. The van der Waals surface area contributed by atoms with Crippen molar-refractivity contribution in [2.24, 2.45) is 0 Å². The Hall–Kier alpha value is -9.72. The first-order valence-corrected chi connectivity index (χ1v) is 27.8. The molecular weight excluding hydrogens is 977 g/mol. The molecule has 2 aliphatic heterocycles. The van der Waals surface area contributed by atoms with Crippen LogP contribution in [0.1, 0.15) is 52.8 Å². The first-order valence-electron chi connectivity index (χ1n) is 27.8. The number of hydrogen-bond donors (Lipinski definition) is 0. The molecule has 0 amide bonds. The van der Waals surface area contributed by atoms with E-state index in [9.17, 15) is 0 Å². The molecule has 0 aliphatic carbocycles. The summed E-state index contributed by atoms with van der Waals surface area (Å²) in [4.78, 5) is 15.5. The Bertz CT molecular complexity index is 4580. The van der Waals surface area contributed by atoms with Crippen molar-refractivity contribution in [2.75, 3.05) is 16.5 Å². The van der Waals surface area contributed by atoms with Gasteiger partial charge in [-0.3, -0.25) is 4.57 Å². The predicted octanol–water partition coefficient (Wildman–Crippen LogP) is 19.3. The Kier molecular flexibility index (Phi) is 10.6. The van der Waals surface area contributed by atoms with Crippen molar-refractivity contribution in [3.63, 3.8) is 0 Å². The maximum absolute atomic E-state index is 7.23. The minimum atomic E-state index is -0.294. The lowest BCUT2D eigenvalue weighted by molar-refractivity contribution is 0.476. The third-order valence-electron chi connectivity index (χ3n) is 16.4. The Morgan fingerprint density at radius 3 is 1.79 bits per heavy atom. The van der Waals surface area contributed by atoms with Gasteiger partial charge in [-0.1, -0.05) is 193 Å². The molecule has 80 heavy (non-hydrogen) atoms. The first kappa shape index (κ1) is 47.5. The van der Waals surface area contributed by atoms with Crippen LogP contribution in [0.4, 0.5) is 22.9 Å². The Labute approximate surface area is 466 Å². The normalized spacial score (nSPS) is 13.0. The van der Waals surface area contributed by atoms with Gasteiger partial charge in [-0.15, -0.1) is 0 Å². The first-order chi connectivity index (χ1) is 39.0. The fourth-order valence-electron chi connectivity index (χ4n) is 12.6. The smallest absolute Gasteiger partial charge is 0.138 e. The summed E-state index contributed by atoms with van der Waals surface area (Å²) in [5.74, 6) is 3.10. The summed E-state index contributed by atoms with van der Waals surface area (Å²) in [5, 5.41) is 4.78. The number of hydrogen-bond acceptors (Lipinski definition) is 5. The zero-order valence-electron chi connectivity index (χ0n) is 45.7. The highest BCUT2D eigenvalue weighted by Crippen LogP contribution is 2.53. The minimum absolute atomic E-state index is 0.0977. The topological polar surface area (TPSA) is 51.4 Å². The minimum Gasteiger partial charge on any atom is -0.457 e. The number of pyridine rings is 2. The van der Waals surface area contributed by atoms with Crippen LogP contribution in [-0.4, -0.2) is 25.8 Å². The van der Waals surface area contributed by atoms with Crippen LogP contribution in [0, 0.1) is 0 Å². The van der Waals surface area contributed by atoms with Crippen molar-refractivity contribution >= 4 is 66.5 Å². The lowest BCUT2D eigenvalue weighted by atomic mass is 9.88. The van der Waals surface area contributed by atoms with E-state index < -0.39 is 0 Å². The van der Waals surface area contributed by atoms with Crippen molar-refractivity contribution < 1.29 is 4.74 Å². The SMILES string of the molecule is CC(C)(C)c1ccnc(-n2c3cc(Oc4cc(N5CN(c6c(-c7ccccc7)cccc6-c6ccccc6)c6ccccc65)nc(C(C)(C)C)c4)ccc3c3c4c(ccc32)-n2c3ccccc3c3cccc(c32)-c2ccccc2-4)c1. The Morgan fingerprint density at radius 2 is 1.05 bits per heavy atom. The zero-order chi connectivity index (χ0) is 54.0. The second-order valence-electron chi connectivity index (χ2n) is 23.4. The lowest BCUT2D eigenvalue weighted by Crippen LogP contribution is -2.26. The zero-order valence-corrected chi connectivity index (χ0v) is 45.7. The highest BCUT2D eigenvalue weighted by Gasteiger charge is 2.34. The number of ether oxygens (including phenoxy) is 1. The van der Waals surface area contributed by atoms with Gasteiger partial charge in [0.05, 0.1) is 50.5 Å². The molecule has 6 heterocycles. The van der Waals surface area contributed by atoms with E-state index >= 15 is 0 Å². The van der Waals surface area contributed by atoms with Crippen LogP contribution in [0.5, 0.6) is 11.5 Å². The number of nitrogens with zero attached hydrogens (tertiary/aromatic N) is 6. The molecule has 4 aromatic heterocycles. The molecule has 0 atom stereocenters. The summed E-state index contributed by atoms with van der Waals surface area (Å²) in [5.41, 5.74) is 20.2. The van der Waals surface area contributed by atoms with E-state index in [1.54, 1.807) is 0 Å². The maximum atomic E-state index is 7.23. The standard InChI is InChI=1S/C73H58N6O/c1-72(2,3)48-39-40-74-66(41-48)78-62-37-38-63-68(55-27-14-13-25-53(55)56-30-20-31-57-54-26-15-16-32-59(54)79(63)71(56)57)69(62)58-36-35-49(42-64(58)78)80-50-43-65(73(4,5)6)75-67(44-50)76-45-77(61-34-18-17-33-60(61)76)70-51(46-21-9-7-10-22-46)28-19-29-52(70)47-23-11-8-12-24-47/h7-44H,45H2,1-6H3. The number of anilines is 4. The van der Waals surface area contributed by atoms with Crippen LogP contribution < -0.4 is 14.5 Å². The van der Waals surface area contributed by atoms with E-state index in [-0.39, 0.29) is 10.8 Å². The second-order valence-corrected chi connectivity index (χ2v) is 23.4. The van der Waals surface area contributed by atoms with Crippen LogP contribution >= 0.6 is 0 Å². The summed E-state index contributed by atoms with van der Waals surface area (Å²) in [7, 11) is 0. The highest BCUT2D eigenvalue weighted by atomic mass is 16.5. The number of fused-ring (bicyclic) bond motifs is 13. The van der Waals surface area contributed by atoms with Crippen LogP contribution in [-0.2, 0) is 10.8 Å². The molecule has 15 rings (SSSR count). The van der Waals surface area contributed by atoms with Crippen molar-refractivity contribution in [2.45, 2.75) is 52.4 Å². The molecule has 0 bridgehead atoms. The average molecular weight is 1040 g/mol. The number of benzene rings is 9. The molecule has 7 heteroatoms. The quantitative estimate of drug-likeness (QED) is 0.159. The van der Waals surface area contributed by atoms with Gasteiger partial charge < -0.3 is 19.1 Å². The molecule has 7 nitrogen and oxygen atoms in total. The van der Waals surface area contributed by atoms with Gasteiger partial charge in [0.15, 0.2) is 0 Å². The van der Waals surface area contributed by atoms with Crippen LogP contribution in [0.3, 0.4) is 0 Å². The highest BCUT2D eigenvalue weighted by molar-refractivity contribution is 6.23. The van der Waals surface area contributed by atoms with Gasteiger partial charge in [0.2, 0.25) is 0 Å². The molecule has 386 valence electrons.